The van der Waals surface area contributed by atoms with Gasteiger partial charge in [0.1, 0.15) is 5.82 Å². The van der Waals surface area contributed by atoms with Crippen molar-refractivity contribution in [2.45, 2.75) is 18.9 Å². The normalized spacial score (nSPS) is 12.7. The van der Waals surface area contributed by atoms with Crippen molar-refractivity contribution in [2.75, 3.05) is 0 Å². The van der Waals surface area contributed by atoms with Gasteiger partial charge in [-0.05, 0) is 18.2 Å². The first-order valence-corrected chi connectivity index (χ1v) is 5.65. The Kier molecular flexibility index (Phi) is 3.70. The van der Waals surface area contributed by atoms with Gasteiger partial charge < -0.3 is 10.7 Å². The molecule has 2 aromatic rings. The highest BCUT2D eigenvalue weighted by atomic mass is 19.4. The lowest BCUT2D eigenvalue weighted by Gasteiger charge is -2.13. The number of alkyl halides is 6. The number of rotatable bonds is 2. The van der Waals surface area contributed by atoms with Crippen LogP contribution in [-0.2, 0) is 18.9 Å². The van der Waals surface area contributed by atoms with Crippen LogP contribution >= 0.6 is 0 Å². The first-order valence-electron chi connectivity index (χ1n) is 5.65. The maximum absolute atomic E-state index is 12.7. The smallest absolute Gasteiger partial charge is 0.341 e. The molecule has 114 valence electrons. The molecule has 2 rings (SSSR count). The Morgan fingerprint density at radius 2 is 1.48 bits per heavy atom. The highest BCUT2D eigenvalue weighted by molar-refractivity contribution is 5.61. The summed E-state index contributed by atoms with van der Waals surface area (Å²) in [6, 6.07) is 1.33. The molecule has 0 spiro atoms. The van der Waals surface area contributed by atoms with E-state index in [2.05, 4.69) is 9.97 Å². The van der Waals surface area contributed by atoms with Crippen molar-refractivity contribution in [1.82, 2.24) is 9.97 Å². The first-order chi connectivity index (χ1) is 9.61. The third kappa shape index (κ3) is 3.35. The third-order valence-corrected chi connectivity index (χ3v) is 2.72. The van der Waals surface area contributed by atoms with E-state index in [0.717, 1.165) is 6.20 Å². The van der Waals surface area contributed by atoms with E-state index in [4.69, 9.17) is 5.73 Å². The minimum atomic E-state index is -4.88. The molecule has 0 amide bonds. The van der Waals surface area contributed by atoms with Gasteiger partial charge in [-0.2, -0.15) is 26.3 Å². The second-order valence-corrected chi connectivity index (χ2v) is 4.24. The average Bonchev–Trinajstić information content (AvgIpc) is 2.85. The minimum Gasteiger partial charge on any atom is -0.341 e. The van der Waals surface area contributed by atoms with Crippen LogP contribution in [0.1, 0.15) is 17.0 Å². The summed E-state index contributed by atoms with van der Waals surface area (Å²) < 4.78 is 76.3. The molecular formula is C12H9F6N3. The van der Waals surface area contributed by atoms with Crippen LogP contribution < -0.4 is 5.73 Å². The predicted molar refractivity (Wildman–Crippen MR) is 61.9 cm³/mol. The highest BCUT2D eigenvalue weighted by Crippen LogP contribution is 2.38. The van der Waals surface area contributed by atoms with Gasteiger partial charge in [0.15, 0.2) is 0 Å². The lowest BCUT2D eigenvalue weighted by Crippen LogP contribution is -2.11. The van der Waals surface area contributed by atoms with Gasteiger partial charge in [0.05, 0.1) is 29.6 Å². The fourth-order valence-corrected chi connectivity index (χ4v) is 1.72. The average molecular weight is 309 g/mol. The second kappa shape index (κ2) is 5.06. The van der Waals surface area contributed by atoms with Crippen molar-refractivity contribution in [3.05, 3.63) is 41.3 Å². The fraction of sp³-hybridized carbons (Fsp3) is 0.250. The van der Waals surface area contributed by atoms with Crippen LogP contribution in [-0.4, -0.2) is 9.97 Å². The molecule has 0 bridgehead atoms. The van der Waals surface area contributed by atoms with Crippen LogP contribution in [0.5, 0.6) is 0 Å². The van der Waals surface area contributed by atoms with E-state index in [9.17, 15) is 26.3 Å². The van der Waals surface area contributed by atoms with Gasteiger partial charge in [0.2, 0.25) is 0 Å². The monoisotopic (exact) mass is 309 g/mol. The molecule has 0 radical (unpaired) electrons. The van der Waals surface area contributed by atoms with Crippen LogP contribution in [0.25, 0.3) is 11.3 Å². The van der Waals surface area contributed by atoms with E-state index < -0.39 is 23.5 Å². The van der Waals surface area contributed by atoms with Crippen molar-refractivity contribution in [2.24, 2.45) is 5.73 Å². The summed E-state index contributed by atoms with van der Waals surface area (Å²) in [5.41, 5.74) is 2.30. The molecule has 0 fully saturated rings. The maximum atomic E-state index is 12.7. The number of hydrogen-bond donors (Lipinski definition) is 2. The van der Waals surface area contributed by atoms with E-state index in [1.165, 1.54) is 0 Å². The summed E-state index contributed by atoms with van der Waals surface area (Å²) in [6.45, 7) is -0.00884. The molecular weight excluding hydrogens is 300 g/mol. The number of aromatic amines is 1. The van der Waals surface area contributed by atoms with Gasteiger partial charge in [-0.25, -0.2) is 4.98 Å². The summed E-state index contributed by atoms with van der Waals surface area (Å²) in [4.78, 5) is 6.32. The molecule has 21 heavy (non-hydrogen) atoms. The second-order valence-electron chi connectivity index (χ2n) is 4.24. The zero-order valence-corrected chi connectivity index (χ0v) is 10.3. The molecule has 0 aliphatic heterocycles. The van der Waals surface area contributed by atoms with Crippen molar-refractivity contribution in [1.29, 1.82) is 0 Å². The Hall–Kier alpha value is -2.03. The Bertz CT molecular complexity index is 609. The lowest BCUT2D eigenvalue weighted by atomic mass is 10.0. The Morgan fingerprint density at radius 1 is 0.952 bits per heavy atom. The largest absolute Gasteiger partial charge is 0.416 e. The zero-order valence-electron chi connectivity index (χ0n) is 10.3. The number of benzene rings is 1. The van der Waals surface area contributed by atoms with Gasteiger partial charge >= 0.3 is 12.4 Å². The number of aromatic nitrogens is 2. The van der Waals surface area contributed by atoms with Crippen LogP contribution in [0.2, 0.25) is 0 Å². The van der Waals surface area contributed by atoms with Gasteiger partial charge in [-0.1, -0.05) is 0 Å². The number of halogens is 6. The summed E-state index contributed by atoms with van der Waals surface area (Å²) in [5.74, 6) is 0.260. The fourth-order valence-electron chi connectivity index (χ4n) is 1.72. The molecule has 9 heteroatoms. The molecule has 0 saturated heterocycles. The number of imidazole rings is 1. The Morgan fingerprint density at radius 3 is 1.86 bits per heavy atom. The van der Waals surface area contributed by atoms with Gasteiger partial charge in [0, 0.05) is 5.56 Å². The quantitative estimate of drug-likeness (QED) is 0.833. The molecule has 1 aromatic carbocycles. The predicted octanol–water partition coefficient (Wildman–Crippen LogP) is 3.57. The van der Waals surface area contributed by atoms with Gasteiger partial charge in [-0.3, -0.25) is 0 Å². The summed E-state index contributed by atoms with van der Waals surface area (Å²) in [5, 5.41) is 0. The zero-order chi connectivity index (χ0) is 15.8. The number of nitrogens with two attached hydrogens (primary N) is 1. The van der Waals surface area contributed by atoms with Crippen molar-refractivity contribution in [3.8, 4) is 11.3 Å². The summed E-state index contributed by atoms with van der Waals surface area (Å²) in [7, 11) is 0. The summed E-state index contributed by atoms with van der Waals surface area (Å²) in [6.07, 6.45) is -8.63. The molecule has 1 aromatic heterocycles. The number of nitrogens with zero attached hydrogens (tertiary/aromatic N) is 1. The summed E-state index contributed by atoms with van der Waals surface area (Å²) >= 11 is 0. The lowest BCUT2D eigenvalue weighted by molar-refractivity contribution is -0.143. The van der Waals surface area contributed by atoms with E-state index in [-0.39, 0.29) is 29.7 Å². The van der Waals surface area contributed by atoms with Crippen molar-refractivity contribution < 1.29 is 26.3 Å². The molecule has 0 saturated carbocycles. The van der Waals surface area contributed by atoms with E-state index in [1.807, 2.05) is 0 Å². The molecule has 3 nitrogen and oxygen atoms in total. The van der Waals surface area contributed by atoms with Crippen molar-refractivity contribution >= 4 is 0 Å². The number of H-pyrrole nitrogens is 1. The van der Waals surface area contributed by atoms with E-state index >= 15 is 0 Å². The SMILES string of the molecule is NCc1ncc(-c2cc(C(F)(F)F)cc(C(F)(F)F)c2)[nH]1. The number of hydrogen-bond acceptors (Lipinski definition) is 2. The van der Waals surface area contributed by atoms with Crippen LogP contribution in [0.15, 0.2) is 24.4 Å². The topological polar surface area (TPSA) is 54.7 Å². The van der Waals surface area contributed by atoms with Gasteiger partial charge in [0.25, 0.3) is 0 Å². The van der Waals surface area contributed by atoms with Crippen LogP contribution in [0.4, 0.5) is 26.3 Å². The van der Waals surface area contributed by atoms with Gasteiger partial charge in [-0.15, -0.1) is 0 Å². The van der Waals surface area contributed by atoms with Crippen LogP contribution in [0.3, 0.4) is 0 Å². The number of nitrogens with one attached hydrogen (secondary N) is 1. The third-order valence-electron chi connectivity index (χ3n) is 2.72. The molecule has 0 unspecified atom stereocenters. The molecule has 1 heterocycles. The Balaban J connectivity index is 2.60. The Labute approximate surface area is 114 Å². The van der Waals surface area contributed by atoms with E-state index in [0.29, 0.717) is 12.1 Å². The van der Waals surface area contributed by atoms with Crippen LogP contribution in [0, 0.1) is 0 Å². The molecule has 0 aliphatic carbocycles. The van der Waals surface area contributed by atoms with E-state index in [1.54, 1.807) is 0 Å². The standard InChI is InChI=1S/C12H9F6N3/c13-11(14,15)7-1-6(2-8(3-7)12(16,17)18)9-5-20-10(4-19)21-9/h1-3,5H,4,19H2,(H,20,21). The molecule has 0 aliphatic rings. The minimum absolute atomic E-state index is 0.00884. The van der Waals surface area contributed by atoms with Crippen molar-refractivity contribution in [3.63, 3.8) is 0 Å². The molecule has 0 atom stereocenters. The first kappa shape index (κ1) is 15.4. The molecule has 3 N–H and O–H groups in total. The highest BCUT2D eigenvalue weighted by Gasteiger charge is 2.37. The maximum Gasteiger partial charge on any atom is 0.416 e.